The molecule has 2 saturated carbocycles. The number of aromatic nitrogens is 2. The lowest BCUT2D eigenvalue weighted by molar-refractivity contribution is -0.151. The second-order valence-corrected chi connectivity index (χ2v) is 15.4. The monoisotopic (exact) mass is 630 g/mol. The average molecular weight is 631 g/mol. The second-order valence-electron chi connectivity index (χ2n) is 15.4. The van der Waals surface area contributed by atoms with E-state index in [1.165, 1.54) is 44.7 Å². The summed E-state index contributed by atoms with van der Waals surface area (Å²) >= 11 is 0. The van der Waals surface area contributed by atoms with Gasteiger partial charge in [0, 0.05) is 72.8 Å². The van der Waals surface area contributed by atoms with E-state index in [0.717, 1.165) is 32.5 Å². The molecule has 0 bridgehead atoms. The summed E-state index contributed by atoms with van der Waals surface area (Å²) in [6.07, 6.45) is 12.6. The van der Waals surface area contributed by atoms with E-state index in [1.54, 1.807) is 11.1 Å². The van der Waals surface area contributed by atoms with E-state index in [9.17, 15) is 19.2 Å². The highest BCUT2D eigenvalue weighted by Gasteiger charge is 2.61. The van der Waals surface area contributed by atoms with E-state index in [-0.39, 0.29) is 43.2 Å². The number of aromatic amines is 1. The van der Waals surface area contributed by atoms with Crippen LogP contribution in [0.15, 0.2) is 12.4 Å². The van der Waals surface area contributed by atoms with Crippen LogP contribution in [0.2, 0.25) is 0 Å². The standard InChI is InChI=1S/C26H39N5O4.C8H15NO.2H2/c1-25(2)10-20(25)24(34)31-16-26(17-31)15-30(23(33)19-11-28-29-12-19)13-21(26)22(32)27-8-9-35-14-18-6-4-3-5-7-18;1-7-3-8(2)5-9(4-7)6-10;;/h11-12,18,20-21H,3-10,13-17H2,1-2H3,(H,27,32)(H,28,29);6-8H,3-5H2,1-2H3;2*1H/t20-,21+;7-,8+;;/m1.../s1. The van der Waals surface area contributed by atoms with Gasteiger partial charge in [-0.15, -0.1) is 0 Å². The fourth-order valence-corrected chi connectivity index (χ4v) is 8.10. The first-order valence-corrected chi connectivity index (χ1v) is 17.1. The number of nitrogens with one attached hydrogen (secondary N) is 2. The number of hydrogen-bond acceptors (Lipinski definition) is 6. The van der Waals surface area contributed by atoms with Crippen molar-refractivity contribution in [2.24, 2.45) is 40.4 Å². The minimum atomic E-state index is -0.388. The maximum absolute atomic E-state index is 13.3. The van der Waals surface area contributed by atoms with Gasteiger partial charge in [0.25, 0.3) is 5.91 Å². The highest BCUT2D eigenvalue weighted by Crippen LogP contribution is 2.54. The molecule has 2 N–H and O–H groups in total. The zero-order valence-corrected chi connectivity index (χ0v) is 27.8. The van der Waals surface area contributed by atoms with Crippen molar-refractivity contribution in [2.45, 2.75) is 72.6 Å². The number of H-pyrrole nitrogens is 1. The van der Waals surface area contributed by atoms with E-state index in [2.05, 4.69) is 43.2 Å². The molecule has 1 aromatic heterocycles. The molecule has 3 saturated heterocycles. The first-order valence-electron chi connectivity index (χ1n) is 17.1. The molecule has 5 aliphatic rings. The number of amides is 4. The summed E-state index contributed by atoms with van der Waals surface area (Å²) < 4.78 is 5.85. The fourth-order valence-electron chi connectivity index (χ4n) is 8.10. The van der Waals surface area contributed by atoms with Crippen molar-refractivity contribution in [1.29, 1.82) is 0 Å². The maximum Gasteiger partial charge on any atom is 0.257 e. The number of hydrogen-bond donors (Lipinski definition) is 2. The predicted octanol–water partition coefficient (Wildman–Crippen LogP) is 3.68. The van der Waals surface area contributed by atoms with Crippen LogP contribution in [-0.4, -0.2) is 108 Å². The molecule has 0 radical (unpaired) electrons. The lowest BCUT2D eigenvalue weighted by atomic mass is 9.71. The zero-order chi connectivity index (χ0) is 32.2. The Balaban J connectivity index is 0.000000431. The molecule has 4 amide bonds. The van der Waals surface area contributed by atoms with Crippen LogP contribution in [0.1, 0.15) is 85.9 Å². The topological polar surface area (TPSA) is 128 Å². The number of ether oxygens (including phenoxy) is 1. The number of carbonyl (C=O) groups excluding carboxylic acids is 4. The highest BCUT2D eigenvalue weighted by atomic mass is 16.5. The summed E-state index contributed by atoms with van der Waals surface area (Å²) in [5.41, 5.74) is 0.179. The second kappa shape index (κ2) is 14.2. The Bertz CT molecular complexity index is 1180. The number of piperidine rings is 1. The minimum absolute atomic E-state index is 0. The van der Waals surface area contributed by atoms with Gasteiger partial charge in [-0.3, -0.25) is 24.3 Å². The molecule has 3 aliphatic heterocycles. The molecular formula is C34H58N6O5. The van der Waals surface area contributed by atoms with Crippen LogP contribution in [0.25, 0.3) is 0 Å². The number of likely N-dealkylation sites (tertiary alicyclic amines) is 3. The molecule has 45 heavy (non-hydrogen) atoms. The van der Waals surface area contributed by atoms with Gasteiger partial charge in [0.15, 0.2) is 0 Å². The largest absolute Gasteiger partial charge is 0.379 e. The summed E-state index contributed by atoms with van der Waals surface area (Å²) in [7, 11) is 0. The van der Waals surface area contributed by atoms with Gasteiger partial charge in [0.05, 0.1) is 24.3 Å². The quantitative estimate of drug-likeness (QED) is 0.317. The number of carbonyl (C=O) groups is 4. The summed E-state index contributed by atoms with van der Waals surface area (Å²) in [6, 6.07) is 0. The van der Waals surface area contributed by atoms with E-state index < -0.39 is 0 Å². The van der Waals surface area contributed by atoms with Crippen molar-refractivity contribution in [3.63, 3.8) is 0 Å². The first-order chi connectivity index (χ1) is 21.5. The van der Waals surface area contributed by atoms with E-state index >= 15 is 0 Å². The third-order valence-electron chi connectivity index (χ3n) is 10.8. The minimum Gasteiger partial charge on any atom is -0.379 e. The summed E-state index contributed by atoms with van der Waals surface area (Å²) in [5, 5.41) is 9.62. The van der Waals surface area contributed by atoms with E-state index in [4.69, 9.17) is 4.74 Å². The smallest absolute Gasteiger partial charge is 0.257 e. The Morgan fingerprint density at radius 1 is 1.04 bits per heavy atom. The lowest BCUT2D eigenvalue weighted by Gasteiger charge is -2.50. The van der Waals surface area contributed by atoms with Crippen LogP contribution in [0.5, 0.6) is 0 Å². The average Bonchev–Trinajstić information content (AvgIpc) is 3.37. The lowest BCUT2D eigenvalue weighted by Crippen LogP contribution is -2.64. The summed E-state index contributed by atoms with van der Waals surface area (Å²) in [6.45, 7) is 14.2. The van der Waals surface area contributed by atoms with Crippen molar-refractivity contribution in [1.82, 2.24) is 30.2 Å². The summed E-state index contributed by atoms with van der Waals surface area (Å²) in [5.74, 6) is 1.78. The molecule has 4 heterocycles. The van der Waals surface area contributed by atoms with Gasteiger partial charge in [-0.1, -0.05) is 47.0 Å². The zero-order valence-electron chi connectivity index (χ0n) is 27.8. The van der Waals surface area contributed by atoms with Gasteiger partial charge >= 0.3 is 0 Å². The van der Waals surface area contributed by atoms with Gasteiger partial charge in [-0.25, -0.2) is 0 Å². The van der Waals surface area contributed by atoms with Crippen LogP contribution in [0.3, 0.4) is 0 Å². The Morgan fingerprint density at radius 2 is 1.71 bits per heavy atom. The molecule has 5 fully saturated rings. The number of nitrogens with zero attached hydrogens (tertiary/aromatic N) is 4. The number of rotatable bonds is 9. The highest BCUT2D eigenvalue weighted by molar-refractivity contribution is 5.95. The Morgan fingerprint density at radius 3 is 2.31 bits per heavy atom. The van der Waals surface area contributed by atoms with Gasteiger partial charge in [0.1, 0.15) is 0 Å². The Kier molecular flexibility index (Phi) is 10.6. The van der Waals surface area contributed by atoms with Crippen molar-refractivity contribution in [3.8, 4) is 0 Å². The van der Waals surface area contributed by atoms with Crippen LogP contribution in [-0.2, 0) is 19.1 Å². The molecular weight excluding hydrogens is 572 g/mol. The molecule has 254 valence electrons. The van der Waals surface area contributed by atoms with E-state index in [1.807, 2.05) is 9.80 Å². The first kappa shape index (κ1) is 33.4. The van der Waals surface area contributed by atoms with Crippen LogP contribution >= 0.6 is 0 Å². The predicted molar refractivity (Wildman–Crippen MR) is 174 cm³/mol. The molecule has 2 aliphatic carbocycles. The SMILES string of the molecule is CC1(C)C[C@@H]1C(=O)N1CC2(CN(C(=O)c3cn[nH]c3)C[C@H]2C(=O)NCCOCC2CCCCC2)C1.C[C@@H]1C[C@H](C)CN(C=O)C1.[HH].[HH]. The van der Waals surface area contributed by atoms with Crippen molar-refractivity contribution in [3.05, 3.63) is 18.0 Å². The molecule has 0 unspecified atom stereocenters. The molecule has 4 atom stereocenters. The van der Waals surface area contributed by atoms with Gasteiger partial charge in [-0.2, -0.15) is 5.10 Å². The fraction of sp³-hybridized carbons (Fsp3) is 0.794. The van der Waals surface area contributed by atoms with Crippen LogP contribution in [0, 0.1) is 40.4 Å². The maximum atomic E-state index is 13.3. The molecule has 0 aromatic carbocycles. The molecule has 11 nitrogen and oxygen atoms in total. The summed E-state index contributed by atoms with van der Waals surface area (Å²) in [4.78, 5) is 55.1. The van der Waals surface area contributed by atoms with Crippen LogP contribution in [0.4, 0.5) is 0 Å². The third kappa shape index (κ3) is 8.07. The Hall–Kier alpha value is -2.95. The van der Waals surface area contributed by atoms with E-state index in [0.29, 0.717) is 62.6 Å². The van der Waals surface area contributed by atoms with Crippen molar-refractivity contribution in [2.75, 3.05) is 59.0 Å². The van der Waals surface area contributed by atoms with Gasteiger partial charge < -0.3 is 24.8 Å². The van der Waals surface area contributed by atoms with Gasteiger partial charge in [-0.05, 0) is 48.9 Å². The molecule has 6 rings (SSSR count). The Labute approximate surface area is 271 Å². The normalized spacial score (nSPS) is 28.6. The molecule has 1 spiro atoms. The molecule has 11 heteroatoms. The van der Waals surface area contributed by atoms with Gasteiger partial charge in [0.2, 0.25) is 18.2 Å². The molecule has 1 aromatic rings. The van der Waals surface area contributed by atoms with Crippen molar-refractivity contribution < 1.29 is 26.8 Å². The third-order valence-corrected chi connectivity index (χ3v) is 10.8. The van der Waals surface area contributed by atoms with Crippen LogP contribution < -0.4 is 5.32 Å². The van der Waals surface area contributed by atoms with Crippen molar-refractivity contribution >= 4 is 24.1 Å².